The van der Waals surface area contributed by atoms with Crippen molar-refractivity contribution in [3.05, 3.63) is 46.7 Å². The zero-order valence-electron chi connectivity index (χ0n) is 17.5. The number of fused-ring (bicyclic) bond motifs is 1. The molecule has 1 amide bonds. The number of aromatic carboxylic acids is 1. The first kappa shape index (κ1) is 20.6. The van der Waals surface area contributed by atoms with Gasteiger partial charge in [0.25, 0.3) is 5.91 Å². The van der Waals surface area contributed by atoms with Crippen molar-refractivity contribution >= 4 is 22.9 Å². The molecule has 8 nitrogen and oxygen atoms in total. The van der Waals surface area contributed by atoms with E-state index in [9.17, 15) is 9.59 Å². The smallest absolute Gasteiger partial charge is 0.371 e. The summed E-state index contributed by atoms with van der Waals surface area (Å²) in [6, 6.07) is 4.70. The minimum atomic E-state index is -1.15. The molecule has 0 radical (unpaired) electrons. The van der Waals surface area contributed by atoms with Crippen molar-refractivity contribution < 1.29 is 19.1 Å². The van der Waals surface area contributed by atoms with E-state index in [4.69, 9.17) is 14.5 Å². The molecule has 0 unspecified atom stereocenters. The molecule has 3 rings (SSSR count). The second kappa shape index (κ2) is 7.35. The highest BCUT2D eigenvalue weighted by Gasteiger charge is 2.25. The fraction of sp³-hybridized carbons (Fsp3) is 0.429. The molecule has 3 aromatic rings. The van der Waals surface area contributed by atoms with Crippen LogP contribution in [0.25, 0.3) is 11.0 Å². The monoisotopic (exact) mass is 398 g/mol. The second-order valence-electron chi connectivity index (χ2n) is 8.37. The number of carboxylic acid groups (broad SMARTS) is 1. The van der Waals surface area contributed by atoms with Crippen LogP contribution in [-0.4, -0.2) is 31.7 Å². The Morgan fingerprint density at radius 3 is 2.52 bits per heavy atom. The number of aryl methyl sites for hydroxylation is 1. The van der Waals surface area contributed by atoms with Gasteiger partial charge in [-0.2, -0.15) is 5.10 Å². The molecule has 0 aromatic carbocycles. The number of aromatic nitrogens is 3. The van der Waals surface area contributed by atoms with E-state index in [1.54, 1.807) is 6.07 Å². The molecule has 3 aromatic heterocycles. The molecular weight excluding hydrogens is 372 g/mol. The molecule has 0 aliphatic carbocycles. The number of hydrogen-bond acceptors (Lipinski definition) is 5. The number of nitrogens with one attached hydrogen (secondary N) is 1. The topological polar surface area (TPSA) is 110 Å². The number of carbonyl (C=O) groups is 2. The fourth-order valence-corrected chi connectivity index (χ4v) is 3.10. The number of rotatable bonds is 5. The Morgan fingerprint density at radius 2 is 1.97 bits per heavy atom. The molecule has 8 heteroatoms. The van der Waals surface area contributed by atoms with Crippen LogP contribution in [0, 0.1) is 6.92 Å². The molecule has 0 atom stereocenters. The molecule has 2 N–H and O–H groups in total. The highest BCUT2D eigenvalue weighted by Crippen LogP contribution is 2.29. The number of carbonyl (C=O) groups excluding carboxylic acids is 1. The van der Waals surface area contributed by atoms with Crippen molar-refractivity contribution in [3.63, 3.8) is 0 Å². The van der Waals surface area contributed by atoms with Gasteiger partial charge < -0.3 is 14.8 Å². The van der Waals surface area contributed by atoms with Crippen LogP contribution in [0.5, 0.6) is 0 Å². The van der Waals surface area contributed by atoms with Crippen molar-refractivity contribution in [2.24, 2.45) is 0 Å². The molecular formula is C21H26N4O4. The lowest BCUT2D eigenvalue weighted by Crippen LogP contribution is -2.25. The summed E-state index contributed by atoms with van der Waals surface area (Å²) in [5, 5.41) is 17.1. The highest BCUT2D eigenvalue weighted by molar-refractivity contribution is 6.06. The standard InChI is InChI=1S/C21H26N4O4/c1-11(2)15-9-14(17-12(3)24-25(18(17)23-15)21(4,5)6)19(26)22-10-13-7-8-16(29-13)20(27)28/h7-9,11H,10H2,1-6H3,(H,22,26)(H,27,28). The summed E-state index contributed by atoms with van der Waals surface area (Å²) in [6.07, 6.45) is 0. The SMILES string of the molecule is Cc1nn(C(C)(C)C)c2nc(C(C)C)cc(C(=O)NCc3ccc(C(=O)O)o3)c12. The first-order valence-electron chi connectivity index (χ1n) is 9.50. The van der Waals surface area contributed by atoms with Gasteiger partial charge in [-0.05, 0) is 51.8 Å². The fourth-order valence-electron chi connectivity index (χ4n) is 3.10. The van der Waals surface area contributed by atoms with Gasteiger partial charge in [-0.1, -0.05) is 13.8 Å². The maximum atomic E-state index is 13.0. The summed E-state index contributed by atoms with van der Waals surface area (Å²) >= 11 is 0. The number of carboxylic acids is 1. The summed E-state index contributed by atoms with van der Waals surface area (Å²) in [5.74, 6) is -1.09. The van der Waals surface area contributed by atoms with Gasteiger partial charge in [0.1, 0.15) is 5.76 Å². The number of amides is 1. The van der Waals surface area contributed by atoms with E-state index >= 15 is 0 Å². The van der Waals surface area contributed by atoms with Crippen molar-refractivity contribution in [3.8, 4) is 0 Å². The van der Waals surface area contributed by atoms with Crippen LogP contribution < -0.4 is 5.32 Å². The largest absolute Gasteiger partial charge is 0.475 e. The summed E-state index contributed by atoms with van der Waals surface area (Å²) < 4.78 is 7.06. The third-order valence-corrected chi connectivity index (χ3v) is 4.60. The lowest BCUT2D eigenvalue weighted by atomic mass is 10.0. The van der Waals surface area contributed by atoms with Gasteiger partial charge in [0, 0.05) is 5.69 Å². The zero-order chi connectivity index (χ0) is 21.5. The van der Waals surface area contributed by atoms with E-state index in [0.717, 1.165) is 11.4 Å². The van der Waals surface area contributed by atoms with Crippen LogP contribution in [0.1, 0.15) is 78.6 Å². The number of nitrogens with zero attached hydrogens (tertiary/aromatic N) is 3. The minimum Gasteiger partial charge on any atom is -0.475 e. The summed E-state index contributed by atoms with van der Waals surface area (Å²) in [4.78, 5) is 28.8. The predicted molar refractivity (Wildman–Crippen MR) is 108 cm³/mol. The third kappa shape index (κ3) is 4.01. The molecule has 0 aliphatic rings. The summed E-state index contributed by atoms with van der Waals surface area (Å²) in [6.45, 7) is 12.1. The van der Waals surface area contributed by atoms with Gasteiger partial charge >= 0.3 is 5.97 Å². The van der Waals surface area contributed by atoms with Crippen molar-refractivity contribution in [1.82, 2.24) is 20.1 Å². The number of hydrogen-bond donors (Lipinski definition) is 2. The van der Waals surface area contributed by atoms with Crippen LogP contribution in [0.15, 0.2) is 22.6 Å². The second-order valence-corrected chi connectivity index (χ2v) is 8.37. The van der Waals surface area contributed by atoms with Crippen LogP contribution in [0.3, 0.4) is 0 Å². The normalized spacial score (nSPS) is 12.0. The molecule has 0 aliphatic heterocycles. The van der Waals surface area contributed by atoms with E-state index in [1.165, 1.54) is 12.1 Å². The summed E-state index contributed by atoms with van der Waals surface area (Å²) in [5.41, 5.74) is 2.42. The molecule has 0 fully saturated rings. The maximum Gasteiger partial charge on any atom is 0.371 e. The molecule has 0 saturated carbocycles. The van der Waals surface area contributed by atoms with Crippen LogP contribution in [-0.2, 0) is 12.1 Å². The first-order chi connectivity index (χ1) is 13.5. The molecule has 0 spiro atoms. The van der Waals surface area contributed by atoms with Crippen molar-refractivity contribution in [2.75, 3.05) is 0 Å². The molecule has 3 heterocycles. The van der Waals surface area contributed by atoms with Gasteiger partial charge in [0.2, 0.25) is 5.76 Å². The Hall–Kier alpha value is -3.16. The Kier molecular flexibility index (Phi) is 5.21. The summed E-state index contributed by atoms with van der Waals surface area (Å²) in [7, 11) is 0. The van der Waals surface area contributed by atoms with E-state index in [1.807, 2.05) is 46.2 Å². The van der Waals surface area contributed by atoms with Crippen molar-refractivity contribution in [1.29, 1.82) is 0 Å². The van der Waals surface area contributed by atoms with Gasteiger partial charge in [0.15, 0.2) is 5.65 Å². The molecule has 29 heavy (non-hydrogen) atoms. The Labute approximate surface area is 168 Å². The van der Waals surface area contributed by atoms with Crippen molar-refractivity contribution in [2.45, 2.75) is 59.5 Å². The van der Waals surface area contributed by atoms with E-state index in [0.29, 0.717) is 22.4 Å². The van der Waals surface area contributed by atoms with Gasteiger partial charge in [-0.3, -0.25) is 4.79 Å². The van der Waals surface area contributed by atoms with E-state index in [-0.39, 0.29) is 29.7 Å². The van der Waals surface area contributed by atoms with Gasteiger partial charge in [0.05, 0.1) is 28.7 Å². The van der Waals surface area contributed by atoms with Gasteiger partial charge in [-0.15, -0.1) is 0 Å². The Morgan fingerprint density at radius 1 is 1.28 bits per heavy atom. The number of pyridine rings is 1. The quantitative estimate of drug-likeness (QED) is 0.676. The average Bonchev–Trinajstić information content (AvgIpc) is 3.23. The lowest BCUT2D eigenvalue weighted by molar-refractivity contribution is 0.0660. The molecule has 0 bridgehead atoms. The van der Waals surface area contributed by atoms with E-state index < -0.39 is 5.97 Å². The first-order valence-corrected chi connectivity index (χ1v) is 9.50. The average molecular weight is 398 g/mol. The maximum absolute atomic E-state index is 13.0. The Balaban J connectivity index is 2.01. The third-order valence-electron chi connectivity index (χ3n) is 4.60. The van der Waals surface area contributed by atoms with Crippen LogP contribution >= 0.6 is 0 Å². The van der Waals surface area contributed by atoms with Crippen LogP contribution in [0.4, 0.5) is 0 Å². The van der Waals surface area contributed by atoms with E-state index in [2.05, 4.69) is 10.4 Å². The number of furan rings is 1. The Bertz CT molecular complexity index is 1090. The minimum absolute atomic E-state index is 0.0827. The molecule has 0 saturated heterocycles. The predicted octanol–water partition coefficient (Wildman–Crippen LogP) is 3.84. The van der Waals surface area contributed by atoms with Crippen LogP contribution in [0.2, 0.25) is 0 Å². The highest BCUT2D eigenvalue weighted by atomic mass is 16.4. The van der Waals surface area contributed by atoms with Gasteiger partial charge in [-0.25, -0.2) is 14.5 Å². The molecule has 154 valence electrons. The lowest BCUT2D eigenvalue weighted by Gasteiger charge is -2.20. The zero-order valence-corrected chi connectivity index (χ0v) is 17.5.